The molecular formula is C11H15BrFNO4S2. The molecule has 0 bridgehead atoms. The summed E-state index contributed by atoms with van der Waals surface area (Å²) in [6.45, 7) is 1.78. The fraction of sp³-hybridized carbons (Fsp3) is 0.455. The Kier molecular flexibility index (Phi) is 5.70. The van der Waals surface area contributed by atoms with Crippen LogP contribution in [0.15, 0.2) is 28.0 Å². The first-order chi connectivity index (χ1) is 9.11. The van der Waals surface area contributed by atoms with Gasteiger partial charge in [-0.1, -0.05) is 22.9 Å². The average molecular weight is 388 g/mol. The van der Waals surface area contributed by atoms with Gasteiger partial charge in [-0.3, -0.25) is 0 Å². The van der Waals surface area contributed by atoms with Crippen molar-refractivity contribution in [1.29, 1.82) is 0 Å². The Hall–Kier alpha value is -0.510. The van der Waals surface area contributed by atoms with E-state index in [1.165, 1.54) is 0 Å². The second-order valence-corrected chi connectivity index (χ2v) is 8.59. The molecule has 1 aromatic rings. The van der Waals surface area contributed by atoms with E-state index in [-0.39, 0.29) is 4.90 Å². The summed E-state index contributed by atoms with van der Waals surface area (Å²) in [6, 6.07) is 2.29. The SMILES string of the molecule is CCC(CBr)NS(=O)(=O)c1cc(S(C)(=O)=O)ccc1F. The summed E-state index contributed by atoms with van der Waals surface area (Å²) in [5, 5.41) is 0.371. The molecule has 0 radical (unpaired) electrons. The van der Waals surface area contributed by atoms with Gasteiger partial charge < -0.3 is 0 Å². The van der Waals surface area contributed by atoms with E-state index in [1.807, 2.05) is 0 Å². The van der Waals surface area contributed by atoms with E-state index in [9.17, 15) is 21.2 Å². The fourth-order valence-electron chi connectivity index (χ4n) is 1.43. The summed E-state index contributed by atoms with van der Waals surface area (Å²) in [5.41, 5.74) is 0. The minimum absolute atomic E-state index is 0.244. The maximum absolute atomic E-state index is 13.7. The molecule has 0 fully saturated rings. The summed E-state index contributed by atoms with van der Waals surface area (Å²) in [4.78, 5) is -0.911. The Labute approximate surface area is 126 Å². The first kappa shape index (κ1) is 17.5. The molecule has 1 aromatic carbocycles. The number of halogens is 2. The van der Waals surface area contributed by atoms with Gasteiger partial charge in [0.25, 0.3) is 0 Å². The van der Waals surface area contributed by atoms with Gasteiger partial charge in [-0.2, -0.15) is 0 Å². The first-order valence-electron chi connectivity index (χ1n) is 5.69. The van der Waals surface area contributed by atoms with Crippen LogP contribution in [0.2, 0.25) is 0 Å². The summed E-state index contributed by atoms with van der Waals surface area (Å²) in [7, 11) is -7.73. The fourth-order valence-corrected chi connectivity index (χ4v) is 4.41. The number of rotatable bonds is 6. The molecule has 9 heteroatoms. The number of hydrogen-bond donors (Lipinski definition) is 1. The van der Waals surface area contributed by atoms with Crippen molar-refractivity contribution in [1.82, 2.24) is 4.72 Å². The summed E-state index contributed by atoms with van der Waals surface area (Å²) in [6.07, 6.45) is 1.44. The summed E-state index contributed by atoms with van der Waals surface area (Å²) >= 11 is 3.15. The molecule has 0 aliphatic rings. The maximum atomic E-state index is 13.7. The number of benzene rings is 1. The molecule has 0 heterocycles. The Balaban J connectivity index is 3.31. The highest BCUT2D eigenvalue weighted by Crippen LogP contribution is 2.20. The van der Waals surface area contributed by atoms with Crippen LogP contribution in [0.5, 0.6) is 0 Å². The maximum Gasteiger partial charge on any atom is 0.243 e. The molecule has 0 aliphatic heterocycles. The Morgan fingerprint density at radius 2 is 1.90 bits per heavy atom. The van der Waals surface area contributed by atoms with Crippen LogP contribution in [0, 0.1) is 5.82 Å². The number of alkyl halides is 1. The molecule has 20 heavy (non-hydrogen) atoms. The van der Waals surface area contributed by atoms with Gasteiger partial charge >= 0.3 is 0 Å². The molecule has 114 valence electrons. The molecule has 0 aliphatic carbocycles. The van der Waals surface area contributed by atoms with Crippen LogP contribution >= 0.6 is 15.9 Å². The lowest BCUT2D eigenvalue weighted by atomic mass is 10.3. The van der Waals surface area contributed by atoms with E-state index in [0.29, 0.717) is 11.8 Å². The van der Waals surface area contributed by atoms with Crippen LogP contribution in [-0.2, 0) is 19.9 Å². The minimum atomic E-state index is -4.12. The first-order valence-corrected chi connectivity index (χ1v) is 10.2. The lowest BCUT2D eigenvalue weighted by molar-refractivity contribution is 0.540. The smallest absolute Gasteiger partial charge is 0.224 e. The van der Waals surface area contributed by atoms with E-state index < -0.39 is 36.6 Å². The molecule has 1 atom stereocenters. The van der Waals surface area contributed by atoms with Crippen molar-refractivity contribution in [2.45, 2.75) is 29.2 Å². The number of hydrogen-bond acceptors (Lipinski definition) is 4. The van der Waals surface area contributed by atoms with Crippen LogP contribution in [0.25, 0.3) is 0 Å². The van der Waals surface area contributed by atoms with Gasteiger partial charge in [0, 0.05) is 17.6 Å². The van der Waals surface area contributed by atoms with Crippen molar-refractivity contribution in [3.63, 3.8) is 0 Å². The van der Waals surface area contributed by atoms with Gasteiger partial charge in [-0.15, -0.1) is 0 Å². The van der Waals surface area contributed by atoms with Gasteiger partial charge in [0.2, 0.25) is 10.0 Å². The van der Waals surface area contributed by atoms with Crippen LogP contribution in [-0.4, -0.2) is 34.5 Å². The highest BCUT2D eigenvalue weighted by Gasteiger charge is 2.24. The number of sulfonamides is 1. The van der Waals surface area contributed by atoms with E-state index in [0.717, 1.165) is 24.5 Å². The lowest BCUT2D eigenvalue weighted by Crippen LogP contribution is -2.36. The molecule has 0 amide bonds. The highest BCUT2D eigenvalue weighted by atomic mass is 79.9. The molecule has 1 rings (SSSR count). The van der Waals surface area contributed by atoms with Crippen molar-refractivity contribution in [3.05, 3.63) is 24.0 Å². The third kappa shape index (κ3) is 4.24. The Morgan fingerprint density at radius 3 is 2.35 bits per heavy atom. The Morgan fingerprint density at radius 1 is 1.30 bits per heavy atom. The van der Waals surface area contributed by atoms with E-state index >= 15 is 0 Å². The third-order valence-corrected chi connectivity index (χ3v) is 6.05. The van der Waals surface area contributed by atoms with Crippen molar-refractivity contribution in [2.24, 2.45) is 0 Å². The zero-order valence-electron chi connectivity index (χ0n) is 10.9. The molecule has 1 unspecified atom stereocenters. The predicted octanol–water partition coefficient (Wildman–Crippen LogP) is 1.68. The zero-order chi connectivity index (χ0) is 15.6. The van der Waals surface area contributed by atoms with Crippen molar-refractivity contribution in [3.8, 4) is 0 Å². The van der Waals surface area contributed by atoms with Crippen molar-refractivity contribution < 1.29 is 21.2 Å². The van der Waals surface area contributed by atoms with Crippen LogP contribution < -0.4 is 4.72 Å². The van der Waals surface area contributed by atoms with Crippen LogP contribution in [0.3, 0.4) is 0 Å². The minimum Gasteiger partial charge on any atom is -0.224 e. The summed E-state index contributed by atoms with van der Waals surface area (Å²) < 4.78 is 63.0. The van der Waals surface area contributed by atoms with Gasteiger partial charge in [-0.05, 0) is 24.6 Å². The predicted molar refractivity (Wildman–Crippen MR) is 77.7 cm³/mol. The highest BCUT2D eigenvalue weighted by molar-refractivity contribution is 9.09. The van der Waals surface area contributed by atoms with Crippen molar-refractivity contribution >= 4 is 35.8 Å². The monoisotopic (exact) mass is 387 g/mol. The van der Waals surface area contributed by atoms with Gasteiger partial charge in [-0.25, -0.2) is 25.9 Å². The zero-order valence-corrected chi connectivity index (χ0v) is 14.1. The normalized spacial score (nSPS) is 14.2. The number of sulfone groups is 1. The van der Waals surface area contributed by atoms with Crippen LogP contribution in [0.4, 0.5) is 4.39 Å². The molecule has 1 N–H and O–H groups in total. The largest absolute Gasteiger partial charge is 0.243 e. The average Bonchev–Trinajstić information content (AvgIpc) is 2.34. The lowest BCUT2D eigenvalue weighted by Gasteiger charge is -2.15. The topological polar surface area (TPSA) is 80.3 Å². The third-order valence-electron chi connectivity index (χ3n) is 2.62. The van der Waals surface area contributed by atoms with Gasteiger partial charge in [0.05, 0.1) is 4.90 Å². The molecule has 5 nitrogen and oxygen atoms in total. The molecule has 0 spiro atoms. The molecular weight excluding hydrogens is 373 g/mol. The van der Waals surface area contributed by atoms with Gasteiger partial charge in [0.15, 0.2) is 9.84 Å². The van der Waals surface area contributed by atoms with Gasteiger partial charge in [0.1, 0.15) is 10.7 Å². The molecule has 0 aromatic heterocycles. The van der Waals surface area contributed by atoms with E-state index in [4.69, 9.17) is 0 Å². The second kappa shape index (κ2) is 6.50. The number of nitrogens with one attached hydrogen (secondary N) is 1. The summed E-state index contributed by atoms with van der Waals surface area (Å²) in [5.74, 6) is -0.991. The standard InChI is InChI=1S/C11H15BrFNO4S2/c1-3-8(7-12)14-20(17,18)11-6-9(19(2,15)16)4-5-10(11)13/h4-6,8,14H,3,7H2,1-2H3. The van der Waals surface area contributed by atoms with E-state index in [1.54, 1.807) is 6.92 Å². The van der Waals surface area contributed by atoms with Crippen LogP contribution in [0.1, 0.15) is 13.3 Å². The van der Waals surface area contributed by atoms with Crippen molar-refractivity contribution in [2.75, 3.05) is 11.6 Å². The second-order valence-electron chi connectivity index (χ2n) is 4.25. The molecule has 0 saturated heterocycles. The van der Waals surface area contributed by atoms with E-state index in [2.05, 4.69) is 20.7 Å². The Bertz CT molecular complexity index is 684. The molecule has 0 saturated carbocycles. The quantitative estimate of drug-likeness (QED) is 0.594.